The van der Waals surface area contributed by atoms with Crippen LogP contribution in [0.3, 0.4) is 0 Å². The number of hydrogen-bond donors (Lipinski definition) is 1. The molecule has 0 saturated carbocycles. The molecular formula is C14H26N2O2S. The van der Waals surface area contributed by atoms with Gasteiger partial charge in [0.2, 0.25) is 5.91 Å². The molecule has 2 aliphatic heterocycles. The summed E-state index contributed by atoms with van der Waals surface area (Å²) in [5.74, 6) is 2.56. The van der Waals surface area contributed by atoms with Crippen LogP contribution in [0.4, 0.5) is 0 Å². The fourth-order valence-electron chi connectivity index (χ4n) is 2.87. The average molecular weight is 286 g/mol. The second kappa shape index (κ2) is 8.12. The van der Waals surface area contributed by atoms with Crippen LogP contribution in [0.5, 0.6) is 0 Å². The molecule has 0 aromatic carbocycles. The highest BCUT2D eigenvalue weighted by Crippen LogP contribution is 2.23. The molecule has 1 N–H and O–H groups in total. The number of carbonyl (C=O) groups excluding carboxylic acids is 1. The number of nitrogens with one attached hydrogen (secondary N) is 1. The maximum absolute atomic E-state index is 12.7. The van der Waals surface area contributed by atoms with E-state index in [1.54, 1.807) is 7.11 Å². The molecule has 2 fully saturated rings. The zero-order valence-electron chi connectivity index (χ0n) is 11.9. The molecule has 4 nitrogen and oxygen atoms in total. The first-order chi connectivity index (χ1) is 9.33. The Labute approximate surface area is 120 Å². The first kappa shape index (κ1) is 15.1. The summed E-state index contributed by atoms with van der Waals surface area (Å²) in [6.45, 7) is 2.35. The Morgan fingerprint density at radius 3 is 3.00 bits per heavy atom. The van der Waals surface area contributed by atoms with Crippen molar-refractivity contribution in [3.8, 4) is 0 Å². The lowest BCUT2D eigenvalue weighted by molar-refractivity contribution is -0.136. The lowest BCUT2D eigenvalue weighted by atomic mass is 10.1. The highest BCUT2D eigenvalue weighted by atomic mass is 32.2. The Kier molecular flexibility index (Phi) is 6.47. The average Bonchev–Trinajstić information content (AvgIpc) is 2.81. The van der Waals surface area contributed by atoms with E-state index >= 15 is 0 Å². The van der Waals surface area contributed by atoms with Gasteiger partial charge in [0.1, 0.15) is 0 Å². The molecule has 0 aromatic rings. The van der Waals surface area contributed by atoms with Crippen LogP contribution in [0.25, 0.3) is 0 Å². The number of thioether (sulfide) groups is 1. The third-order valence-electron chi connectivity index (χ3n) is 4.02. The van der Waals surface area contributed by atoms with Gasteiger partial charge in [-0.1, -0.05) is 12.8 Å². The van der Waals surface area contributed by atoms with Gasteiger partial charge in [-0.25, -0.2) is 0 Å². The van der Waals surface area contributed by atoms with E-state index in [9.17, 15) is 4.79 Å². The monoisotopic (exact) mass is 286 g/mol. The van der Waals surface area contributed by atoms with Crippen molar-refractivity contribution in [2.24, 2.45) is 0 Å². The molecule has 1 amide bonds. The number of amides is 1. The van der Waals surface area contributed by atoms with E-state index in [1.165, 1.54) is 25.0 Å². The lowest BCUT2D eigenvalue weighted by Gasteiger charge is -2.32. The van der Waals surface area contributed by atoms with Gasteiger partial charge in [-0.15, -0.1) is 0 Å². The number of hydrogen-bond acceptors (Lipinski definition) is 4. The van der Waals surface area contributed by atoms with Crippen LogP contribution in [0.1, 0.15) is 32.1 Å². The van der Waals surface area contributed by atoms with Gasteiger partial charge in [-0.2, -0.15) is 11.8 Å². The standard InChI is InChI=1S/C14H26N2O2S/c1-18-9-8-16(12-6-10-19-11-12)14(17)13-5-3-2-4-7-15-13/h12-13,15H,2-11H2,1H3. The predicted molar refractivity (Wildman–Crippen MR) is 79.6 cm³/mol. The summed E-state index contributed by atoms with van der Waals surface area (Å²) in [6, 6.07) is 0.447. The van der Waals surface area contributed by atoms with Gasteiger partial charge in [0.05, 0.1) is 12.6 Å². The van der Waals surface area contributed by atoms with E-state index in [4.69, 9.17) is 4.74 Å². The minimum Gasteiger partial charge on any atom is -0.383 e. The molecule has 0 spiro atoms. The van der Waals surface area contributed by atoms with E-state index in [0.717, 1.165) is 31.7 Å². The van der Waals surface area contributed by atoms with Crippen LogP contribution < -0.4 is 5.32 Å². The maximum Gasteiger partial charge on any atom is 0.240 e. The maximum atomic E-state index is 12.7. The van der Waals surface area contributed by atoms with Gasteiger partial charge >= 0.3 is 0 Å². The van der Waals surface area contributed by atoms with Gasteiger partial charge in [0, 0.05) is 25.4 Å². The second-order valence-electron chi connectivity index (χ2n) is 5.40. The Morgan fingerprint density at radius 1 is 1.37 bits per heavy atom. The molecule has 2 atom stereocenters. The van der Waals surface area contributed by atoms with Crippen LogP contribution in [0.15, 0.2) is 0 Å². The lowest BCUT2D eigenvalue weighted by Crippen LogP contribution is -2.51. The minimum absolute atomic E-state index is 0.0324. The van der Waals surface area contributed by atoms with E-state index in [0.29, 0.717) is 18.6 Å². The Morgan fingerprint density at radius 2 is 2.26 bits per heavy atom. The Bertz CT molecular complexity index is 275. The molecule has 2 rings (SSSR count). The SMILES string of the molecule is COCCN(C(=O)C1CCCCCN1)C1CCSC1. The number of rotatable bonds is 5. The zero-order chi connectivity index (χ0) is 13.5. The first-order valence-corrected chi connectivity index (χ1v) is 8.59. The van der Waals surface area contributed by atoms with Crippen LogP contribution >= 0.6 is 11.8 Å². The van der Waals surface area contributed by atoms with Gasteiger partial charge in [-0.05, 0) is 31.6 Å². The van der Waals surface area contributed by atoms with Crippen molar-refractivity contribution in [2.75, 3.05) is 38.3 Å². The number of nitrogens with zero attached hydrogens (tertiary/aromatic N) is 1. The summed E-state index contributed by atoms with van der Waals surface area (Å²) in [6.07, 6.45) is 5.73. The van der Waals surface area contributed by atoms with Crippen LogP contribution in [-0.4, -0.2) is 61.2 Å². The third kappa shape index (κ3) is 4.36. The molecule has 0 bridgehead atoms. The molecule has 0 radical (unpaired) electrons. The molecule has 5 heteroatoms. The highest BCUT2D eigenvalue weighted by Gasteiger charge is 2.31. The van der Waals surface area contributed by atoms with Crippen LogP contribution in [-0.2, 0) is 9.53 Å². The predicted octanol–water partition coefficient (Wildman–Crippen LogP) is 1.50. The molecule has 2 heterocycles. The van der Waals surface area contributed by atoms with Crippen molar-refractivity contribution in [2.45, 2.75) is 44.2 Å². The van der Waals surface area contributed by atoms with Crippen molar-refractivity contribution in [3.63, 3.8) is 0 Å². The quantitative estimate of drug-likeness (QED) is 0.831. The van der Waals surface area contributed by atoms with Gasteiger partial charge in [-0.3, -0.25) is 4.79 Å². The van der Waals surface area contributed by atoms with Crippen molar-refractivity contribution in [1.29, 1.82) is 0 Å². The fourth-order valence-corrected chi connectivity index (χ4v) is 4.09. The van der Waals surface area contributed by atoms with E-state index < -0.39 is 0 Å². The van der Waals surface area contributed by atoms with Crippen molar-refractivity contribution in [1.82, 2.24) is 10.2 Å². The first-order valence-electron chi connectivity index (χ1n) is 7.43. The van der Waals surface area contributed by atoms with Crippen molar-refractivity contribution < 1.29 is 9.53 Å². The summed E-state index contributed by atoms with van der Waals surface area (Å²) in [5.41, 5.74) is 0. The molecule has 110 valence electrons. The topological polar surface area (TPSA) is 41.6 Å². The smallest absolute Gasteiger partial charge is 0.240 e. The molecule has 19 heavy (non-hydrogen) atoms. The number of carbonyl (C=O) groups is 1. The van der Waals surface area contributed by atoms with Gasteiger partial charge in [0.15, 0.2) is 0 Å². The number of methoxy groups -OCH3 is 1. The summed E-state index contributed by atoms with van der Waals surface area (Å²) in [7, 11) is 1.70. The summed E-state index contributed by atoms with van der Waals surface area (Å²) in [5, 5.41) is 3.42. The third-order valence-corrected chi connectivity index (χ3v) is 5.17. The Hall–Kier alpha value is -0.260. The van der Waals surface area contributed by atoms with E-state index in [2.05, 4.69) is 10.2 Å². The molecule has 0 aliphatic carbocycles. The van der Waals surface area contributed by atoms with E-state index in [1.807, 2.05) is 11.8 Å². The fraction of sp³-hybridized carbons (Fsp3) is 0.929. The summed E-state index contributed by atoms with van der Waals surface area (Å²) >= 11 is 1.96. The molecule has 2 aliphatic rings. The highest BCUT2D eigenvalue weighted by molar-refractivity contribution is 7.99. The van der Waals surface area contributed by atoms with Gasteiger partial charge in [0.25, 0.3) is 0 Å². The minimum atomic E-state index is 0.0324. The summed E-state index contributed by atoms with van der Waals surface area (Å²) in [4.78, 5) is 14.8. The van der Waals surface area contributed by atoms with Crippen molar-refractivity contribution >= 4 is 17.7 Å². The molecule has 2 unspecified atom stereocenters. The Balaban J connectivity index is 1.96. The largest absolute Gasteiger partial charge is 0.383 e. The number of ether oxygens (including phenoxy) is 1. The van der Waals surface area contributed by atoms with Crippen LogP contribution in [0, 0.1) is 0 Å². The molecule has 0 aromatic heterocycles. The molecular weight excluding hydrogens is 260 g/mol. The van der Waals surface area contributed by atoms with Gasteiger partial charge < -0.3 is 15.0 Å². The summed E-state index contributed by atoms with van der Waals surface area (Å²) < 4.78 is 5.17. The normalized spacial score (nSPS) is 28.1. The van der Waals surface area contributed by atoms with E-state index in [-0.39, 0.29) is 6.04 Å². The van der Waals surface area contributed by atoms with Crippen LogP contribution in [0.2, 0.25) is 0 Å². The second-order valence-corrected chi connectivity index (χ2v) is 6.55. The zero-order valence-corrected chi connectivity index (χ0v) is 12.7. The van der Waals surface area contributed by atoms with Crippen molar-refractivity contribution in [3.05, 3.63) is 0 Å². The molecule has 2 saturated heterocycles.